The summed E-state index contributed by atoms with van der Waals surface area (Å²) in [6.07, 6.45) is 2.42. The van der Waals surface area contributed by atoms with Crippen LogP contribution < -0.4 is 5.73 Å². The van der Waals surface area contributed by atoms with E-state index in [4.69, 9.17) is 5.73 Å². The van der Waals surface area contributed by atoms with Gasteiger partial charge in [-0.2, -0.15) is 0 Å². The lowest BCUT2D eigenvalue weighted by atomic mass is 9.80. The molecule has 1 fully saturated rings. The maximum atomic E-state index is 6.11. The Balaban J connectivity index is 2.49. The molecule has 0 aromatic carbocycles. The fourth-order valence-electron chi connectivity index (χ4n) is 2.48. The van der Waals surface area contributed by atoms with Crippen LogP contribution in [0.4, 0.5) is 0 Å². The van der Waals surface area contributed by atoms with Crippen LogP contribution in [0.25, 0.3) is 0 Å². The summed E-state index contributed by atoms with van der Waals surface area (Å²) in [7, 11) is 0. The quantitative estimate of drug-likeness (QED) is 0.779. The van der Waals surface area contributed by atoms with Crippen molar-refractivity contribution in [1.82, 2.24) is 4.90 Å². The van der Waals surface area contributed by atoms with Crippen molar-refractivity contribution in [2.24, 2.45) is 17.1 Å². The van der Waals surface area contributed by atoms with E-state index in [9.17, 15) is 0 Å². The molecule has 0 radical (unpaired) electrons. The highest BCUT2D eigenvalue weighted by Gasteiger charge is 2.34. The summed E-state index contributed by atoms with van der Waals surface area (Å²) in [5.74, 6) is 0.837. The maximum Gasteiger partial charge on any atom is 0.0218 e. The predicted octanol–water partition coefficient (Wildman–Crippen LogP) is 2.48. The molecule has 1 heterocycles. The largest absolute Gasteiger partial charge is 0.326 e. The van der Waals surface area contributed by atoms with Crippen LogP contribution in [0.2, 0.25) is 0 Å². The Labute approximate surface area is 95.2 Å². The Morgan fingerprint density at radius 2 is 2.00 bits per heavy atom. The molecule has 1 aliphatic rings. The first-order valence-electron chi connectivity index (χ1n) is 6.36. The molecule has 0 saturated carbocycles. The third-order valence-corrected chi connectivity index (χ3v) is 4.11. The van der Waals surface area contributed by atoms with E-state index in [1.807, 2.05) is 0 Å². The molecule has 1 aliphatic heterocycles. The summed E-state index contributed by atoms with van der Waals surface area (Å²) >= 11 is 0. The number of nitrogens with two attached hydrogens (primary N) is 1. The van der Waals surface area contributed by atoms with Gasteiger partial charge in [-0.1, -0.05) is 27.7 Å². The summed E-state index contributed by atoms with van der Waals surface area (Å²) in [4.78, 5) is 2.57. The Hall–Kier alpha value is -0.0800. The van der Waals surface area contributed by atoms with Crippen LogP contribution in [0.15, 0.2) is 0 Å². The molecule has 15 heavy (non-hydrogen) atoms. The molecule has 1 rings (SSSR count). The van der Waals surface area contributed by atoms with Gasteiger partial charge in [0.1, 0.15) is 0 Å². The normalized spacial score (nSPS) is 28.0. The highest BCUT2D eigenvalue weighted by molar-refractivity contribution is 4.88. The zero-order valence-electron chi connectivity index (χ0n) is 11.1. The van der Waals surface area contributed by atoms with Gasteiger partial charge in [-0.25, -0.2) is 0 Å². The minimum Gasteiger partial charge on any atom is -0.326 e. The second kappa shape index (κ2) is 4.84. The minimum absolute atomic E-state index is 0.337. The van der Waals surface area contributed by atoms with E-state index in [-0.39, 0.29) is 0 Å². The number of hydrogen-bond donors (Lipinski definition) is 1. The summed E-state index contributed by atoms with van der Waals surface area (Å²) in [5, 5.41) is 0. The first-order valence-corrected chi connectivity index (χ1v) is 6.36. The van der Waals surface area contributed by atoms with E-state index >= 15 is 0 Å². The standard InChI is InChI=1S/C13H28N2/c1-6-12(14)10(2)15-8-7-11(9-15)13(3,4)5/h10-12H,6-9,14H2,1-5H3. The maximum absolute atomic E-state index is 6.11. The first kappa shape index (κ1) is 13.0. The summed E-state index contributed by atoms with van der Waals surface area (Å²) in [6.45, 7) is 14.0. The van der Waals surface area contributed by atoms with Gasteiger partial charge in [-0.05, 0) is 37.6 Å². The van der Waals surface area contributed by atoms with Gasteiger partial charge >= 0.3 is 0 Å². The van der Waals surface area contributed by atoms with Gasteiger partial charge in [-0.15, -0.1) is 0 Å². The van der Waals surface area contributed by atoms with Gasteiger partial charge in [0.25, 0.3) is 0 Å². The van der Waals surface area contributed by atoms with E-state index in [1.54, 1.807) is 0 Å². The molecule has 2 heteroatoms. The topological polar surface area (TPSA) is 29.3 Å². The van der Waals surface area contributed by atoms with Gasteiger partial charge < -0.3 is 5.73 Å². The molecular weight excluding hydrogens is 184 g/mol. The third-order valence-electron chi connectivity index (χ3n) is 4.11. The van der Waals surface area contributed by atoms with Gasteiger partial charge in [0.15, 0.2) is 0 Å². The van der Waals surface area contributed by atoms with Gasteiger partial charge in [0.2, 0.25) is 0 Å². The lowest BCUT2D eigenvalue weighted by molar-refractivity contribution is 0.184. The zero-order chi connectivity index (χ0) is 11.6. The summed E-state index contributed by atoms with van der Waals surface area (Å²) < 4.78 is 0. The highest BCUT2D eigenvalue weighted by atomic mass is 15.2. The lowest BCUT2D eigenvalue weighted by Gasteiger charge is -2.31. The van der Waals surface area contributed by atoms with Crippen LogP contribution in [0.3, 0.4) is 0 Å². The lowest BCUT2D eigenvalue weighted by Crippen LogP contribution is -2.45. The molecule has 2 nitrogen and oxygen atoms in total. The SMILES string of the molecule is CCC(N)C(C)N1CCC(C(C)(C)C)C1. The minimum atomic E-state index is 0.337. The van der Waals surface area contributed by atoms with Gasteiger partial charge in [0, 0.05) is 18.6 Å². The van der Waals surface area contributed by atoms with Crippen LogP contribution in [0.1, 0.15) is 47.5 Å². The molecule has 2 N–H and O–H groups in total. The monoisotopic (exact) mass is 212 g/mol. The molecule has 1 saturated heterocycles. The van der Waals surface area contributed by atoms with E-state index in [1.165, 1.54) is 19.5 Å². The fraction of sp³-hybridized carbons (Fsp3) is 1.00. The molecule has 0 bridgehead atoms. The molecule has 0 aromatic rings. The number of rotatable bonds is 3. The molecule has 0 amide bonds. The number of likely N-dealkylation sites (tertiary alicyclic amines) is 1. The third kappa shape index (κ3) is 3.18. The molecule has 90 valence electrons. The van der Waals surface area contributed by atoms with E-state index in [0.29, 0.717) is 17.5 Å². The Bertz CT molecular complexity index is 195. The molecule has 0 aromatic heterocycles. The van der Waals surface area contributed by atoms with Crippen molar-refractivity contribution in [1.29, 1.82) is 0 Å². The van der Waals surface area contributed by atoms with Crippen molar-refractivity contribution < 1.29 is 0 Å². The van der Waals surface area contributed by atoms with Crippen molar-refractivity contribution in [3.8, 4) is 0 Å². The predicted molar refractivity (Wildman–Crippen MR) is 66.9 cm³/mol. The van der Waals surface area contributed by atoms with Crippen LogP contribution in [0, 0.1) is 11.3 Å². The van der Waals surface area contributed by atoms with Crippen LogP contribution in [0.5, 0.6) is 0 Å². The summed E-state index contributed by atoms with van der Waals surface area (Å²) in [5.41, 5.74) is 6.56. The second-order valence-corrected chi connectivity index (χ2v) is 6.16. The van der Waals surface area contributed by atoms with Crippen LogP contribution in [-0.4, -0.2) is 30.1 Å². The smallest absolute Gasteiger partial charge is 0.0218 e. The van der Waals surface area contributed by atoms with E-state index in [2.05, 4.69) is 39.5 Å². The molecule has 3 unspecified atom stereocenters. The van der Waals surface area contributed by atoms with Crippen molar-refractivity contribution in [3.63, 3.8) is 0 Å². The Kier molecular flexibility index (Phi) is 4.19. The molecule has 0 aliphatic carbocycles. The zero-order valence-corrected chi connectivity index (χ0v) is 11.1. The Morgan fingerprint density at radius 1 is 1.40 bits per heavy atom. The van der Waals surface area contributed by atoms with E-state index < -0.39 is 0 Å². The first-order chi connectivity index (χ1) is 6.86. The average Bonchev–Trinajstić information content (AvgIpc) is 2.63. The number of hydrogen-bond acceptors (Lipinski definition) is 2. The van der Waals surface area contributed by atoms with Crippen molar-refractivity contribution in [2.75, 3.05) is 13.1 Å². The van der Waals surface area contributed by atoms with Crippen molar-refractivity contribution in [3.05, 3.63) is 0 Å². The number of nitrogens with zero attached hydrogens (tertiary/aromatic N) is 1. The van der Waals surface area contributed by atoms with Crippen molar-refractivity contribution >= 4 is 0 Å². The van der Waals surface area contributed by atoms with Gasteiger partial charge in [0.05, 0.1) is 0 Å². The molecule has 3 atom stereocenters. The van der Waals surface area contributed by atoms with Crippen molar-refractivity contribution in [2.45, 2.75) is 59.5 Å². The second-order valence-electron chi connectivity index (χ2n) is 6.16. The average molecular weight is 212 g/mol. The van der Waals surface area contributed by atoms with Gasteiger partial charge in [-0.3, -0.25) is 4.90 Å². The summed E-state index contributed by atoms with van der Waals surface area (Å²) in [6, 6.07) is 0.881. The fourth-order valence-corrected chi connectivity index (χ4v) is 2.48. The Morgan fingerprint density at radius 3 is 2.40 bits per heavy atom. The van der Waals surface area contributed by atoms with E-state index in [0.717, 1.165) is 12.3 Å². The van der Waals surface area contributed by atoms with Crippen LogP contribution in [-0.2, 0) is 0 Å². The molecule has 0 spiro atoms. The molecular formula is C13H28N2. The highest BCUT2D eigenvalue weighted by Crippen LogP contribution is 2.34. The van der Waals surface area contributed by atoms with Crippen LogP contribution >= 0.6 is 0 Å².